The summed E-state index contributed by atoms with van der Waals surface area (Å²) >= 11 is 11.1. The van der Waals surface area contributed by atoms with Crippen molar-refractivity contribution in [3.05, 3.63) is 107 Å². The summed E-state index contributed by atoms with van der Waals surface area (Å²) in [5.74, 6) is 0. The van der Waals surface area contributed by atoms with Crippen molar-refractivity contribution in [1.29, 1.82) is 0 Å². The summed E-state index contributed by atoms with van der Waals surface area (Å²) in [5.41, 5.74) is 5.45. The van der Waals surface area contributed by atoms with E-state index in [2.05, 4.69) is 19.9 Å². The monoisotopic (exact) mass is 544 g/mol. The molecule has 4 aromatic carbocycles. The summed E-state index contributed by atoms with van der Waals surface area (Å²) in [6, 6.07) is 28.2. The third kappa shape index (κ3) is 7.23. The highest BCUT2D eigenvalue weighted by Crippen LogP contribution is 2.16. The van der Waals surface area contributed by atoms with Gasteiger partial charge in [-0.25, -0.2) is 19.9 Å². The minimum Gasteiger partial charge on any atom is -0.423 e. The minimum atomic E-state index is -1.41. The van der Waals surface area contributed by atoms with Gasteiger partial charge in [0.15, 0.2) is 11.3 Å². The Balaban J connectivity index is 0.000000145. The molecular formula is C26H20B2Cl2N4O4. The van der Waals surface area contributed by atoms with Crippen molar-refractivity contribution in [2.45, 2.75) is 0 Å². The third-order valence-corrected chi connectivity index (χ3v) is 5.71. The Morgan fingerprint density at radius 1 is 0.421 bits per heavy atom. The highest BCUT2D eigenvalue weighted by atomic mass is 35.5. The van der Waals surface area contributed by atoms with Gasteiger partial charge >= 0.3 is 14.2 Å². The average Bonchev–Trinajstić information content (AvgIpc) is 2.92. The van der Waals surface area contributed by atoms with E-state index in [4.69, 9.17) is 43.3 Å². The van der Waals surface area contributed by atoms with Crippen LogP contribution in [-0.4, -0.2) is 54.3 Å². The highest BCUT2D eigenvalue weighted by Gasteiger charge is 2.09. The van der Waals surface area contributed by atoms with Gasteiger partial charge in [-0.05, 0) is 59.5 Å². The molecule has 0 aliphatic rings. The number of nitrogens with zero attached hydrogens (tertiary/aromatic N) is 4. The van der Waals surface area contributed by atoms with Crippen molar-refractivity contribution in [3.8, 4) is 0 Å². The molecule has 0 unspecified atom stereocenters. The van der Waals surface area contributed by atoms with Crippen LogP contribution in [0.4, 0.5) is 0 Å². The van der Waals surface area contributed by atoms with E-state index in [9.17, 15) is 0 Å². The van der Waals surface area contributed by atoms with Gasteiger partial charge in [0.25, 0.3) is 0 Å². The molecule has 0 fully saturated rings. The number of rotatable bonds is 2. The summed E-state index contributed by atoms with van der Waals surface area (Å²) < 4.78 is 0. The van der Waals surface area contributed by atoms with Crippen molar-refractivity contribution in [3.63, 3.8) is 0 Å². The van der Waals surface area contributed by atoms with Gasteiger partial charge in [-0.1, -0.05) is 71.7 Å². The molecular weight excluding hydrogens is 525 g/mol. The van der Waals surface area contributed by atoms with E-state index in [1.807, 2.05) is 48.5 Å². The molecule has 6 aromatic rings. The lowest BCUT2D eigenvalue weighted by molar-refractivity contribution is 0.424. The maximum absolute atomic E-state index is 8.63. The fraction of sp³-hybridized carbons (Fsp3) is 0. The number of benzene rings is 4. The van der Waals surface area contributed by atoms with Crippen LogP contribution < -0.4 is 10.9 Å². The highest BCUT2D eigenvalue weighted by molar-refractivity contribution is 6.59. The lowest BCUT2D eigenvalue weighted by Gasteiger charge is -2.01. The van der Waals surface area contributed by atoms with Crippen LogP contribution in [0.1, 0.15) is 0 Å². The lowest BCUT2D eigenvalue weighted by Crippen LogP contribution is -2.29. The van der Waals surface area contributed by atoms with Crippen LogP contribution in [0.15, 0.2) is 97.1 Å². The van der Waals surface area contributed by atoms with E-state index in [1.54, 1.807) is 48.5 Å². The number of halogens is 2. The molecule has 2 heterocycles. The molecule has 0 amide bonds. The van der Waals surface area contributed by atoms with Gasteiger partial charge in [0, 0.05) is 10.0 Å². The number of hydrogen-bond acceptors (Lipinski definition) is 8. The topological polar surface area (TPSA) is 132 Å². The van der Waals surface area contributed by atoms with Crippen molar-refractivity contribution in [2.24, 2.45) is 0 Å². The number of aromatic nitrogens is 4. The standard InChI is InChI=1S/C14H8N4.2C6H6BClO2/c1-2-6-10-9(5-1)15-13-14(16-10)18-12-8-4-3-7-11(12)17-13;2*8-6-3-1-5(2-4-6)7(9)10/h1-8H;2*1-4,9-10H. The lowest BCUT2D eigenvalue weighted by atomic mass is 9.81. The molecule has 0 radical (unpaired) electrons. The van der Waals surface area contributed by atoms with Crippen molar-refractivity contribution in [2.75, 3.05) is 0 Å². The van der Waals surface area contributed by atoms with Crippen molar-refractivity contribution < 1.29 is 20.1 Å². The van der Waals surface area contributed by atoms with Crippen LogP contribution in [0, 0.1) is 0 Å². The molecule has 0 saturated carbocycles. The first kappa shape index (κ1) is 27.4. The second-order valence-electron chi connectivity index (χ2n) is 7.92. The van der Waals surface area contributed by atoms with Gasteiger partial charge in [0.2, 0.25) is 0 Å². The zero-order valence-electron chi connectivity index (χ0n) is 19.7. The Hall–Kier alpha value is -3.63. The van der Waals surface area contributed by atoms with Gasteiger partial charge in [0.05, 0.1) is 22.1 Å². The van der Waals surface area contributed by atoms with Crippen molar-refractivity contribution in [1.82, 2.24) is 19.9 Å². The second-order valence-corrected chi connectivity index (χ2v) is 8.80. The Morgan fingerprint density at radius 3 is 0.921 bits per heavy atom. The molecule has 0 atom stereocenters. The van der Waals surface area contributed by atoms with Crippen LogP contribution in [0.2, 0.25) is 10.0 Å². The van der Waals surface area contributed by atoms with Gasteiger partial charge in [-0.3, -0.25) is 0 Å². The predicted octanol–water partition coefficient (Wildman–Crippen LogP) is 2.77. The van der Waals surface area contributed by atoms with E-state index in [0.717, 1.165) is 22.1 Å². The predicted molar refractivity (Wildman–Crippen MR) is 153 cm³/mol. The van der Waals surface area contributed by atoms with E-state index >= 15 is 0 Å². The third-order valence-electron chi connectivity index (χ3n) is 5.21. The quantitative estimate of drug-likeness (QED) is 0.193. The number of fused-ring (bicyclic) bond motifs is 3. The Morgan fingerprint density at radius 2 is 0.684 bits per heavy atom. The molecule has 6 rings (SSSR count). The molecule has 0 spiro atoms. The summed E-state index contributed by atoms with van der Waals surface area (Å²) in [6.07, 6.45) is 0. The summed E-state index contributed by atoms with van der Waals surface area (Å²) in [6.45, 7) is 0. The molecule has 12 heteroatoms. The molecule has 8 nitrogen and oxygen atoms in total. The summed E-state index contributed by atoms with van der Waals surface area (Å²) in [5, 5.41) is 35.7. The smallest absolute Gasteiger partial charge is 0.423 e. The molecule has 2 aromatic heterocycles. The average molecular weight is 545 g/mol. The summed E-state index contributed by atoms with van der Waals surface area (Å²) in [7, 11) is -2.81. The van der Waals surface area contributed by atoms with E-state index < -0.39 is 14.2 Å². The fourth-order valence-corrected chi connectivity index (χ4v) is 3.53. The normalized spacial score (nSPS) is 10.4. The van der Waals surface area contributed by atoms with E-state index in [0.29, 0.717) is 32.3 Å². The maximum Gasteiger partial charge on any atom is 0.488 e. The largest absolute Gasteiger partial charge is 0.488 e. The fourth-order valence-electron chi connectivity index (χ4n) is 3.28. The van der Waals surface area contributed by atoms with Gasteiger partial charge in [0.1, 0.15) is 0 Å². The molecule has 0 saturated heterocycles. The van der Waals surface area contributed by atoms with Gasteiger partial charge in [-0.15, -0.1) is 0 Å². The minimum absolute atomic E-state index is 0.449. The molecule has 0 bridgehead atoms. The zero-order valence-corrected chi connectivity index (χ0v) is 21.2. The van der Waals surface area contributed by atoms with Crippen LogP contribution in [0.25, 0.3) is 33.4 Å². The van der Waals surface area contributed by atoms with Gasteiger partial charge in [-0.2, -0.15) is 0 Å². The first-order valence-corrected chi connectivity index (χ1v) is 12.1. The van der Waals surface area contributed by atoms with Crippen LogP contribution >= 0.6 is 23.2 Å². The van der Waals surface area contributed by atoms with E-state index in [1.165, 1.54) is 0 Å². The second kappa shape index (κ2) is 12.7. The SMILES string of the molecule is OB(O)c1ccc(Cl)cc1.OB(O)c1ccc(Cl)cc1.c1ccc2nc3nc4ccccc4nc3nc2c1. The molecule has 0 aliphatic carbocycles. The molecule has 38 heavy (non-hydrogen) atoms. The Labute approximate surface area is 228 Å². The number of hydrogen-bond donors (Lipinski definition) is 4. The molecule has 188 valence electrons. The Bertz CT molecular complexity index is 1460. The first-order valence-electron chi connectivity index (χ1n) is 11.3. The van der Waals surface area contributed by atoms with Crippen LogP contribution in [0.5, 0.6) is 0 Å². The summed E-state index contributed by atoms with van der Waals surface area (Å²) in [4.78, 5) is 18.0. The van der Waals surface area contributed by atoms with Gasteiger partial charge < -0.3 is 20.1 Å². The van der Waals surface area contributed by atoms with Crippen LogP contribution in [-0.2, 0) is 0 Å². The zero-order chi connectivity index (χ0) is 27.1. The number of para-hydroxylation sites is 4. The molecule has 0 aliphatic heterocycles. The maximum atomic E-state index is 8.63. The Kier molecular flexibility index (Phi) is 9.19. The molecule has 4 N–H and O–H groups in total. The first-order chi connectivity index (χ1) is 18.3. The van der Waals surface area contributed by atoms with Crippen molar-refractivity contribution >= 4 is 81.7 Å². The van der Waals surface area contributed by atoms with Crippen LogP contribution in [0.3, 0.4) is 0 Å². The van der Waals surface area contributed by atoms with E-state index in [-0.39, 0.29) is 0 Å².